The van der Waals surface area contributed by atoms with Crippen molar-refractivity contribution in [3.05, 3.63) is 52.5 Å². The molecule has 0 spiro atoms. The molecule has 1 saturated heterocycles. The summed E-state index contributed by atoms with van der Waals surface area (Å²) in [5.74, 6) is -1.94. The molecule has 4 aromatic rings. The molecule has 0 unspecified atom stereocenters. The monoisotopic (exact) mass is 491 g/mol. The molecule has 0 aliphatic carbocycles. The number of hydrogen-bond acceptors (Lipinski definition) is 9. The van der Waals surface area contributed by atoms with Crippen LogP contribution in [0.15, 0.2) is 35.2 Å². The van der Waals surface area contributed by atoms with Crippen LogP contribution in [0.1, 0.15) is 10.5 Å². The number of thiazole rings is 2. The van der Waals surface area contributed by atoms with Crippen molar-refractivity contribution in [2.24, 2.45) is 0 Å². The fourth-order valence-corrected chi connectivity index (χ4v) is 5.62. The SMILES string of the molecule is O=C(Nc1cnsc1-c1csc(N2CCOCC2)n1)c1csc(-c2c(F)cccc2F)n1. The van der Waals surface area contributed by atoms with E-state index in [0.717, 1.165) is 52.3 Å². The molecule has 0 saturated carbocycles. The minimum Gasteiger partial charge on any atom is -0.378 e. The average Bonchev–Trinajstić information content (AvgIpc) is 3.55. The van der Waals surface area contributed by atoms with Gasteiger partial charge in [0.15, 0.2) is 5.13 Å². The number of ether oxygens (including phenoxy) is 1. The van der Waals surface area contributed by atoms with Gasteiger partial charge in [0.05, 0.1) is 41.2 Å². The van der Waals surface area contributed by atoms with Gasteiger partial charge in [-0.25, -0.2) is 18.7 Å². The van der Waals surface area contributed by atoms with Crippen LogP contribution < -0.4 is 10.2 Å². The molecule has 0 atom stereocenters. The minimum atomic E-state index is -0.727. The Hall–Kier alpha value is -2.80. The van der Waals surface area contributed by atoms with Crippen molar-refractivity contribution >= 4 is 50.9 Å². The van der Waals surface area contributed by atoms with E-state index in [2.05, 4.69) is 19.6 Å². The van der Waals surface area contributed by atoms with E-state index in [9.17, 15) is 13.6 Å². The lowest BCUT2D eigenvalue weighted by Gasteiger charge is -2.25. The first-order valence-corrected chi connectivity index (χ1v) is 12.1. The standard InChI is InChI=1S/C20H15F2N5O2S3/c21-11-2-1-3-12(22)16(11)19-25-15(10-30-19)18(28)24-13-8-23-32-17(13)14-9-31-20(26-14)27-4-6-29-7-5-27/h1-3,8-10H,4-7H2,(H,24,28). The smallest absolute Gasteiger partial charge is 0.275 e. The number of carbonyl (C=O) groups excluding carboxylic acids is 1. The number of nitrogens with zero attached hydrogens (tertiary/aromatic N) is 4. The molecule has 4 heterocycles. The van der Waals surface area contributed by atoms with Gasteiger partial charge in [-0.2, -0.15) is 4.37 Å². The molecule has 1 aromatic carbocycles. The Morgan fingerprint density at radius 3 is 2.66 bits per heavy atom. The summed E-state index contributed by atoms with van der Waals surface area (Å²) in [6, 6.07) is 3.59. The number of nitrogens with one attached hydrogen (secondary N) is 1. The van der Waals surface area contributed by atoms with Crippen LogP contribution in [0.25, 0.3) is 21.1 Å². The van der Waals surface area contributed by atoms with Crippen LogP contribution in [0, 0.1) is 11.6 Å². The second-order valence-corrected chi connectivity index (χ2v) is 9.27. The van der Waals surface area contributed by atoms with Crippen LogP contribution in [-0.2, 0) is 4.74 Å². The van der Waals surface area contributed by atoms with Crippen molar-refractivity contribution in [2.75, 3.05) is 36.5 Å². The Morgan fingerprint density at radius 1 is 1.09 bits per heavy atom. The first kappa shape index (κ1) is 21.1. The highest BCUT2D eigenvalue weighted by Gasteiger charge is 2.21. The third-order valence-corrected chi connectivity index (χ3v) is 7.32. The topological polar surface area (TPSA) is 80.2 Å². The lowest BCUT2D eigenvalue weighted by atomic mass is 10.2. The number of amides is 1. The van der Waals surface area contributed by atoms with Gasteiger partial charge < -0.3 is 15.0 Å². The molecule has 3 aromatic heterocycles. The van der Waals surface area contributed by atoms with Crippen LogP contribution in [0.4, 0.5) is 19.6 Å². The molecule has 0 radical (unpaired) electrons. The van der Waals surface area contributed by atoms with Gasteiger partial charge in [0.2, 0.25) is 0 Å². The summed E-state index contributed by atoms with van der Waals surface area (Å²) in [4.78, 5) is 24.5. The van der Waals surface area contributed by atoms with Crippen molar-refractivity contribution in [1.29, 1.82) is 0 Å². The predicted molar refractivity (Wildman–Crippen MR) is 122 cm³/mol. The summed E-state index contributed by atoms with van der Waals surface area (Å²) < 4.78 is 37.6. The van der Waals surface area contributed by atoms with E-state index in [1.807, 2.05) is 5.38 Å². The van der Waals surface area contributed by atoms with Crippen molar-refractivity contribution in [2.45, 2.75) is 0 Å². The number of rotatable bonds is 5. The Morgan fingerprint density at radius 2 is 1.88 bits per heavy atom. The predicted octanol–water partition coefficient (Wildman–Crippen LogP) is 4.76. The first-order chi connectivity index (χ1) is 15.6. The second kappa shape index (κ2) is 8.98. The molecule has 1 aliphatic rings. The Kier molecular flexibility index (Phi) is 5.91. The second-order valence-electron chi connectivity index (χ2n) is 6.77. The number of hydrogen-bond donors (Lipinski definition) is 1. The molecule has 0 bridgehead atoms. The molecule has 5 rings (SSSR count). The highest BCUT2D eigenvalue weighted by atomic mass is 32.1. The van der Waals surface area contributed by atoms with E-state index in [1.54, 1.807) is 6.20 Å². The number of carbonyl (C=O) groups is 1. The molecule has 12 heteroatoms. The van der Waals surface area contributed by atoms with E-state index < -0.39 is 17.5 Å². The third kappa shape index (κ3) is 4.13. The number of halogens is 2. The average molecular weight is 492 g/mol. The van der Waals surface area contributed by atoms with Crippen LogP contribution in [0.5, 0.6) is 0 Å². The van der Waals surface area contributed by atoms with E-state index >= 15 is 0 Å². The fourth-order valence-electron chi connectivity index (χ4n) is 3.16. The highest BCUT2D eigenvalue weighted by Crippen LogP contribution is 2.35. The summed E-state index contributed by atoms with van der Waals surface area (Å²) in [5.41, 5.74) is 1.05. The van der Waals surface area contributed by atoms with Gasteiger partial charge in [0.1, 0.15) is 22.3 Å². The Bertz CT molecular complexity index is 1250. The summed E-state index contributed by atoms with van der Waals surface area (Å²) in [6.45, 7) is 2.91. The number of morpholine rings is 1. The molecule has 32 heavy (non-hydrogen) atoms. The summed E-state index contributed by atoms with van der Waals surface area (Å²) in [7, 11) is 0. The van der Waals surface area contributed by atoms with Gasteiger partial charge in [0.25, 0.3) is 5.91 Å². The number of anilines is 2. The van der Waals surface area contributed by atoms with Crippen molar-refractivity contribution in [3.8, 4) is 21.1 Å². The minimum absolute atomic E-state index is 0.0667. The Balaban J connectivity index is 1.34. The van der Waals surface area contributed by atoms with Gasteiger partial charge >= 0.3 is 0 Å². The number of aromatic nitrogens is 3. The fraction of sp³-hybridized carbons (Fsp3) is 0.200. The van der Waals surface area contributed by atoms with Gasteiger partial charge in [-0.15, -0.1) is 22.7 Å². The van der Waals surface area contributed by atoms with Crippen molar-refractivity contribution < 1.29 is 18.3 Å². The maximum Gasteiger partial charge on any atom is 0.275 e. The normalized spacial score (nSPS) is 14.0. The quantitative estimate of drug-likeness (QED) is 0.434. The lowest BCUT2D eigenvalue weighted by Crippen LogP contribution is -2.36. The summed E-state index contributed by atoms with van der Waals surface area (Å²) in [5, 5.41) is 7.17. The zero-order valence-corrected chi connectivity index (χ0v) is 18.8. The number of benzene rings is 1. The molecule has 1 N–H and O–H groups in total. The highest BCUT2D eigenvalue weighted by molar-refractivity contribution is 7.15. The molecule has 1 aliphatic heterocycles. The maximum absolute atomic E-state index is 14.0. The van der Waals surface area contributed by atoms with Gasteiger partial charge in [-0.3, -0.25) is 4.79 Å². The Labute approximate surface area is 193 Å². The van der Waals surface area contributed by atoms with E-state index in [0.29, 0.717) is 18.9 Å². The molecule has 7 nitrogen and oxygen atoms in total. The zero-order chi connectivity index (χ0) is 22.1. The van der Waals surface area contributed by atoms with Crippen LogP contribution >= 0.6 is 34.2 Å². The van der Waals surface area contributed by atoms with E-state index in [1.165, 1.54) is 34.3 Å². The summed E-state index contributed by atoms with van der Waals surface area (Å²) in [6.07, 6.45) is 1.55. The first-order valence-electron chi connectivity index (χ1n) is 9.54. The molecule has 1 amide bonds. The van der Waals surface area contributed by atoms with E-state index in [4.69, 9.17) is 9.72 Å². The zero-order valence-electron chi connectivity index (χ0n) is 16.4. The van der Waals surface area contributed by atoms with E-state index in [-0.39, 0.29) is 16.3 Å². The molecular formula is C20H15F2N5O2S3. The molecule has 164 valence electrons. The van der Waals surface area contributed by atoms with Crippen LogP contribution in [0.3, 0.4) is 0 Å². The van der Waals surface area contributed by atoms with Gasteiger partial charge in [-0.1, -0.05) is 6.07 Å². The largest absolute Gasteiger partial charge is 0.378 e. The van der Waals surface area contributed by atoms with Gasteiger partial charge in [0, 0.05) is 23.8 Å². The summed E-state index contributed by atoms with van der Waals surface area (Å²) >= 11 is 3.75. The van der Waals surface area contributed by atoms with Gasteiger partial charge in [-0.05, 0) is 23.7 Å². The molecular weight excluding hydrogens is 476 g/mol. The molecule has 1 fully saturated rings. The van der Waals surface area contributed by atoms with Crippen LogP contribution in [0.2, 0.25) is 0 Å². The van der Waals surface area contributed by atoms with Crippen molar-refractivity contribution in [3.63, 3.8) is 0 Å². The van der Waals surface area contributed by atoms with Crippen molar-refractivity contribution in [1.82, 2.24) is 14.3 Å². The lowest BCUT2D eigenvalue weighted by molar-refractivity contribution is 0.102. The third-order valence-electron chi connectivity index (χ3n) is 4.74. The van der Waals surface area contributed by atoms with Crippen LogP contribution in [-0.4, -0.2) is 46.6 Å². The maximum atomic E-state index is 14.0.